The molecule has 2 aliphatic carbocycles. The van der Waals surface area contributed by atoms with Crippen LogP contribution in [0.2, 0.25) is 0 Å². The third kappa shape index (κ3) is 4.60. The van der Waals surface area contributed by atoms with Gasteiger partial charge in [-0.3, -0.25) is 4.79 Å². The fourth-order valence-corrected chi connectivity index (χ4v) is 4.96. The predicted octanol–water partition coefficient (Wildman–Crippen LogP) is 6.01. The van der Waals surface area contributed by atoms with E-state index in [2.05, 4.69) is 43.9 Å². The first kappa shape index (κ1) is 21.6. The highest BCUT2D eigenvalue weighted by molar-refractivity contribution is 14.1. The Morgan fingerprint density at radius 1 is 1.12 bits per heavy atom. The second kappa shape index (κ2) is 8.61. The highest BCUT2D eigenvalue weighted by Crippen LogP contribution is 2.54. The van der Waals surface area contributed by atoms with Crippen molar-refractivity contribution in [1.82, 2.24) is 4.98 Å². The Morgan fingerprint density at radius 3 is 2.56 bits per heavy atom. The lowest BCUT2D eigenvalue weighted by Gasteiger charge is -2.35. The Kier molecular flexibility index (Phi) is 5.81. The summed E-state index contributed by atoms with van der Waals surface area (Å²) in [5.41, 5.74) is 2.28. The third-order valence-electron chi connectivity index (χ3n) is 6.79. The van der Waals surface area contributed by atoms with Crippen LogP contribution in [-0.2, 0) is 0 Å². The molecular weight excluding hydrogens is 527 g/mol. The molecule has 0 unspecified atom stereocenters. The average Bonchev–Trinajstić information content (AvgIpc) is 3.49. The zero-order valence-electron chi connectivity index (χ0n) is 17.5. The number of nitrogens with zero attached hydrogens (tertiary/aromatic N) is 2. The van der Waals surface area contributed by atoms with Crippen molar-refractivity contribution >= 4 is 40.0 Å². The van der Waals surface area contributed by atoms with Gasteiger partial charge in [0, 0.05) is 41.1 Å². The molecule has 5 nitrogen and oxygen atoms in total. The molecule has 0 bridgehead atoms. The SMILES string of the molecule is O=C(Nc1cccc(OC2CC(=C(F)F)C2)n1)c1ccc(I)cc1N1CCC2(CC1)CC2. The summed E-state index contributed by atoms with van der Waals surface area (Å²) in [5.74, 6) is 0.472. The van der Waals surface area contributed by atoms with Crippen LogP contribution in [0.25, 0.3) is 0 Å². The summed E-state index contributed by atoms with van der Waals surface area (Å²) in [6, 6.07) is 11.0. The molecule has 0 atom stereocenters. The second-order valence-corrected chi connectivity index (χ2v) is 10.2. The van der Waals surface area contributed by atoms with Gasteiger partial charge in [0.15, 0.2) is 0 Å². The van der Waals surface area contributed by atoms with Gasteiger partial charge in [-0.2, -0.15) is 13.8 Å². The fourth-order valence-electron chi connectivity index (χ4n) is 4.49. The molecule has 1 amide bonds. The lowest BCUT2D eigenvalue weighted by Crippen LogP contribution is -2.35. The first-order chi connectivity index (χ1) is 15.4. The number of nitrogens with one attached hydrogen (secondary N) is 1. The summed E-state index contributed by atoms with van der Waals surface area (Å²) < 4.78 is 31.9. The Labute approximate surface area is 199 Å². The normalized spacial score (nSPS) is 21.2. The first-order valence-corrected chi connectivity index (χ1v) is 12.0. The van der Waals surface area contributed by atoms with Crippen LogP contribution in [0.4, 0.5) is 20.3 Å². The molecule has 8 heteroatoms. The number of benzene rings is 1. The molecule has 1 spiro atoms. The Bertz CT molecular complexity index is 1060. The Balaban J connectivity index is 1.28. The van der Waals surface area contributed by atoms with E-state index in [0.29, 0.717) is 22.7 Å². The van der Waals surface area contributed by atoms with Gasteiger partial charge in [0.2, 0.25) is 5.88 Å². The number of halogens is 3. The average molecular weight is 551 g/mol. The number of carbonyl (C=O) groups is 1. The molecule has 1 aromatic heterocycles. The van der Waals surface area contributed by atoms with Crippen molar-refractivity contribution in [2.24, 2.45) is 5.41 Å². The quantitative estimate of drug-likeness (QED) is 0.463. The smallest absolute Gasteiger partial charge is 0.269 e. The van der Waals surface area contributed by atoms with Gasteiger partial charge in [0.25, 0.3) is 12.0 Å². The predicted molar refractivity (Wildman–Crippen MR) is 127 cm³/mol. The van der Waals surface area contributed by atoms with Crippen LogP contribution in [0, 0.1) is 8.99 Å². The van der Waals surface area contributed by atoms with Crippen LogP contribution in [0.1, 0.15) is 48.9 Å². The van der Waals surface area contributed by atoms with Crippen molar-refractivity contribution in [2.45, 2.75) is 44.6 Å². The zero-order valence-corrected chi connectivity index (χ0v) is 19.7. The van der Waals surface area contributed by atoms with E-state index in [1.807, 2.05) is 12.1 Å². The van der Waals surface area contributed by atoms with Gasteiger partial charge in [0.1, 0.15) is 11.9 Å². The van der Waals surface area contributed by atoms with E-state index in [1.54, 1.807) is 18.2 Å². The molecule has 5 rings (SSSR count). The maximum atomic E-state index is 13.1. The Morgan fingerprint density at radius 2 is 1.88 bits per heavy atom. The van der Waals surface area contributed by atoms with Crippen molar-refractivity contribution in [3.05, 3.63) is 57.2 Å². The number of anilines is 2. The molecule has 1 N–H and O–H groups in total. The summed E-state index contributed by atoms with van der Waals surface area (Å²) in [5, 5.41) is 2.87. The minimum Gasteiger partial charge on any atom is -0.474 e. The zero-order chi connectivity index (χ0) is 22.3. The third-order valence-corrected chi connectivity index (χ3v) is 7.47. The van der Waals surface area contributed by atoms with Gasteiger partial charge in [-0.25, -0.2) is 0 Å². The summed E-state index contributed by atoms with van der Waals surface area (Å²) in [4.78, 5) is 19.8. The Hall–Kier alpha value is -2.23. The van der Waals surface area contributed by atoms with Gasteiger partial charge < -0.3 is 15.0 Å². The largest absolute Gasteiger partial charge is 0.474 e. The molecule has 3 fully saturated rings. The van der Waals surface area contributed by atoms with Crippen molar-refractivity contribution < 1.29 is 18.3 Å². The highest BCUT2D eigenvalue weighted by Gasteiger charge is 2.44. The molecular formula is C24H24F2IN3O2. The summed E-state index contributed by atoms with van der Waals surface area (Å²) in [7, 11) is 0. The van der Waals surface area contributed by atoms with E-state index in [0.717, 1.165) is 22.3 Å². The van der Waals surface area contributed by atoms with E-state index in [4.69, 9.17) is 4.74 Å². The van der Waals surface area contributed by atoms with E-state index in [9.17, 15) is 13.6 Å². The van der Waals surface area contributed by atoms with E-state index >= 15 is 0 Å². The van der Waals surface area contributed by atoms with Gasteiger partial charge in [-0.1, -0.05) is 6.07 Å². The summed E-state index contributed by atoms with van der Waals surface area (Å²) in [6.45, 7) is 1.94. The van der Waals surface area contributed by atoms with Gasteiger partial charge in [0.05, 0.1) is 11.3 Å². The number of aromatic nitrogens is 1. The van der Waals surface area contributed by atoms with Crippen molar-refractivity contribution in [2.75, 3.05) is 23.3 Å². The fraction of sp³-hybridized carbons (Fsp3) is 0.417. The van der Waals surface area contributed by atoms with Crippen molar-refractivity contribution in [3.63, 3.8) is 0 Å². The van der Waals surface area contributed by atoms with Crippen LogP contribution >= 0.6 is 22.6 Å². The number of pyridine rings is 1. The number of hydrogen-bond donors (Lipinski definition) is 1. The van der Waals surface area contributed by atoms with E-state index < -0.39 is 6.08 Å². The van der Waals surface area contributed by atoms with Gasteiger partial charge >= 0.3 is 0 Å². The molecule has 0 radical (unpaired) electrons. The summed E-state index contributed by atoms with van der Waals surface area (Å²) in [6.07, 6.45) is 3.55. The minimum absolute atomic E-state index is 0.135. The molecule has 1 saturated heterocycles. The van der Waals surface area contributed by atoms with Crippen molar-refractivity contribution in [1.29, 1.82) is 0 Å². The number of rotatable bonds is 5. The van der Waals surface area contributed by atoms with Crippen LogP contribution in [0.15, 0.2) is 48.1 Å². The van der Waals surface area contributed by atoms with Crippen LogP contribution in [0.5, 0.6) is 5.88 Å². The maximum Gasteiger partial charge on any atom is 0.269 e. The van der Waals surface area contributed by atoms with Crippen LogP contribution in [0.3, 0.4) is 0 Å². The molecule has 2 saturated carbocycles. The molecule has 32 heavy (non-hydrogen) atoms. The molecule has 168 valence electrons. The van der Waals surface area contributed by atoms with Crippen LogP contribution in [-0.4, -0.2) is 30.1 Å². The highest BCUT2D eigenvalue weighted by atomic mass is 127. The molecule has 2 aromatic rings. The maximum absolute atomic E-state index is 13.1. The minimum atomic E-state index is -1.62. The molecule has 3 aliphatic rings. The monoisotopic (exact) mass is 551 g/mol. The number of carbonyl (C=O) groups excluding carboxylic acids is 1. The first-order valence-electron chi connectivity index (χ1n) is 10.9. The van der Waals surface area contributed by atoms with E-state index in [1.165, 1.54) is 25.7 Å². The topological polar surface area (TPSA) is 54.5 Å². The number of piperidine rings is 1. The molecule has 1 aliphatic heterocycles. The summed E-state index contributed by atoms with van der Waals surface area (Å²) >= 11 is 2.28. The lowest BCUT2D eigenvalue weighted by atomic mass is 9.90. The van der Waals surface area contributed by atoms with Crippen molar-refractivity contribution in [3.8, 4) is 5.88 Å². The van der Waals surface area contributed by atoms with Crippen LogP contribution < -0.4 is 15.0 Å². The van der Waals surface area contributed by atoms with Gasteiger partial charge in [-0.05, 0) is 78.0 Å². The molecule has 1 aromatic carbocycles. The number of ether oxygens (including phenoxy) is 1. The lowest BCUT2D eigenvalue weighted by molar-refractivity contribution is 0.102. The second-order valence-electron chi connectivity index (χ2n) is 8.98. The van der Waals surface area contributed by atoms with E-state index in [-0.39, 0.29) is 30.4 Å². The molecule has 2 heterocycles. The number of hydrogen-bond acceptors (Lipinski definition) is 4. The number of amides is 1. The van der Waals surface area contributed by atoms with Gasteiger partial charge in [-0.15, -0.1) is 0 Å². The standard InChI is InChI=1S/C24H24F2IN3O2/c25-22(26)15-12-17(13-15)32-21-3-1-2-20(28-21)29-23(31)18-5-4-16(27)14-19(18)30-10-8-24(6-7-24)9-11-30/h1-5,14,17H,6-13H2,(H,28,29,31).